The highest BCUT2D eigenvalue weighted by Gasteiger charge is 2.51. The SMILES string of the molecule is C.COc1cccc2c1C(=O)c1c(O)c3c(c(O)c1C2=O)CC(O)(C(=O)CO)CC3OC1CC(NC(=O)OC2/C=C/CCC(C)(C(=O)CCCCCCCC(=O)CCOCCOCCOCCOCCCC(=O)CCN3C(=O)C=CC3=O)CC2)C(O)CO1.O=C(CCCOCCOCCOCCOCCC(=O)Oc1c(F)c(F)cc(F)c1F)CCN1C(=O)C=CC1=O. The number of Topliss-reactive ketones (excluding diaryl/α,β-unsaturated/α-hetero) is 5. The number of nitrogens with one attached hydrogen (secondary N) is 1. The van der Waals surface area contributed by atoms with Gasteiger partial charge in [0.15, 0.2) is 29.5 Å². The second kappa shape index (κ2) is 53.2. The number of allylic oxidation sites excluding steroid dienone is 1. The van der Waals surface area contributed by atoms with Crippen LogP contribution in [0.1, 0.15) is 198 Å². The third-order valence-corrected chi connectivity index (χ3v) is 21.7. The molecule has 6 N–H and O–H groups in total. The van der Waals surface area contributed by atoms with Crippen LogP contribution in [0.25, 0.3) is 0 Å². The molecule has 0 bridgehead atoms. The first-order valence-electron chi connectivity index (χ1n) is 42.1. The molecule has 0 aromatic heterocycles. The van der Waals surface area contributed by atoms with Crippen LogP contribution in [0.5, 0.6) is 23.0 Å². The van der Waals surface area contributed by atoms with Crippen LogP contribution in [-0.2, 0) is 106 Å². The Bertz CT molecular complexity index is 4340. The van der Waals surface area contributed by atoms with Crippen molar-refractivity contribution in [2.45, 2.75) is 192 Å². The van der Waals surface area contributed by atoms with E-state index >= 15 is 0 Å². The Morgan fingerprint density at radius 3 is 1.60 bits per heavy atom. The minimum Gasteiger partial charge on any atom is -0.507 e. The molecule has 3 aliphatic carbocycles. The van der Waals surface area contributed by atoms with Gasteiger partial charge in [0.05, 0.1) is 148 Å². The number of carbonyl (C=O) groups excluding carboxylic acids is 13. The number of carbonyl (C=O) groups is 13. The van der Waals surface area contributed by atoms with Crippen LogP contribution in [0.3, 0.4) is 0 Å². The monoisotopic (exact) mass is 1800 g/mol. The van der Waals surface area contributed by atoms with Crippen molar-refractivity contribution in [1.82, 2.24) is 15.1 Å². The van der Waals surface area contributed by atoms with Crippen molar-refractivity contribution < 1.29 is 167 Å². The van der Waals surface area contributed by atoms with Gasteiger partial charge in [-0.05, 0) is 63.5 Å². The van der Waals surface area contributed by atoms with Crippen LogP contribution in [0.2, 0.25) is 0 Å². The van der Waals surface area contributed by atoms with E-state index < -0.39 is 172 Å². The van der Waals surface area contributed by atoms with Gasteiger partial charge in [-0.1, -0.05) is 51.8 Å². The molecular formula is C89H115F4N3O31. The highest BCUT2D eigenvalue weighted by molar-refractivity contribution is 6.31. The molecule has 0 radical (unpaired) electrons. The number of phenols is 2. The normalized spacial score (nSPS) is 20.2. The van der Waals surface area contributed by atoms with Crippen LogP contribution in [-0.4, -0.2) is 281 Å². The van der Waals surface area contributed by atoms with E-state index in [-0.39, 0.29) is 143 Å². The fourth-order valence-electron chi connectivity index (χ4n) is 14.6. The summed E-state index contributed by atoms with van der Waals surface area (Å²) in [6.45, 7) is 5.24. The molecule has 38 heteroatoms. The number of rotatable bonds is 55. The molecular weight excluding hydrogens is 1680 g/mol. The number of benzene rings is 3. The Morgan fingerprint density at radius 2 is 1.06 bits per heavy atom. The van der Waals surface area contributed by atoms with Crippen LogP contribution in [0.4, 0.5) is 22.4 Å². The molecule has 3 aromatic carbocycles. The number of aliphatic hydroxyl groups is 3. The van der Waals surface area contributed by atoms with Gasteiger partial charge >= 0.3 is 12.1 Å². The lowest BCUT2D eigenvalue weighted by Crippen LogP contribution is -2.53. The molecule has 0 saturated carbocycles. The van der Waals surface area contributed by atoms with Gasteiger partial charge in [-0.3, -0.25) is 67.3 Å². The van der Waals surface area contributed by atoms with Crippen LogP contribution in [0.15, 0.2) is 60.7 Å². The van der Waals surface area contributed by atoms with Crippen molar-refractivity contribution in [3.8, 4) is 23.0 Å². The number of phenolic OH excluding ortho intramolecular Hbond substituents is 2. The molecule has 3 aliphatic heterocycles. The number of halogens is 4. The van der Waals surface area contributed by atoms with Gasteiger partial charge in [-0.25, -0.2) is 13.6 Å². The number of esters is 1. The molecule has 7 atom stereocenters. The Kier molecular flexibility index (Phi) is 43.7. The first-order chi connectivity index (χ1) is 60.5. The average molecular weight is 1800 g/mol. The van der Waals surface area contributed by atoms with Gasteiger partial charge in [0.25, 0.3) is 23.6 Å². The maximum Gasteiger partial charge on any atom is 0.408 e. The van der Waals surface area contributed by atoms with Crippen molar-refractivity contribution in [2.24, 2.45) is 5.41 Å². The van der Waals surface area contributed by atoms with E-state index in [0.29, 0.717) is 143 Å². The predicted molar refractivity (Wildman–Crippen MR) is 438 cm³/mol. The fourth-order valence-corrected chi connectivity index (χ4v) is 14.6. The zero-order valence-corrected chi connectivity index (χ0v) is 70.6. The Morgan fingerprint density at radius 1 is 0.575 bits per heavy atom. The number of ketones is 7. The second-order valence-electron chi connectivity index (χ2n) is 30.8. The number of hydrogen-bond donors (Lipinski definition) is 6. The van der Waals surface area contributed by atoms with Crippen LogP contribution >= 0.6 is 0 Å². The highest BCUT2D eigenvalue weighted by atomic mass is 19.2. The minimum absolute atomic E-state index is 0. The van der Waals surface area contributed by atoms with Crippen molar-refractivity contribution in [3.05, 3.63) is 117 Å². The summed E-state index contributed by atoms with van der Waals surface area (Å²) in [5.41, 5.74) is -4.86. The standard InChI is InChI=1S/C63H82N2O22.C25H29F4NO9.CH4/c1-62(48(70)17-7-5-3-4-6-12-40(68)22-27-82-29-31-84-33-32-83-30-28-81-26-11-13-39(67)21-25-65-50(72)18-19-51(65)73)23-9-8-14-41(20-24-62)86-61(78)64-44-34-52(85-38-45(44)69)87-47-36-63(79,49(71)37-66)35-43-54(47)60(77)56-55(58(43)75)57(74)42-15-10-16-46(80-2)53(42)59(56)76;26-18-16-19(27)24(29)25(23(18)28)39-22(34)6-9-36-11-13-38-15-14-37-12-10-35-8-1-2-17(31)5-7-30-20(32)3-4-21(30)33;/h8,10,14-16,18-19,41,44-45,47,52,66,69,75,77,79H,3-7,9,11-13,17,20-38H2,1-2H3,(H,64,78);3-4,16H,1-2,5-15H2;1H4/b14-8+;;. The molecule has 5 amide bonds. The van der Waals surface area contributed by atoms with Gasteiger partial charge in [0.1, 0.15) is 58.7 Å². The molecule has 3 heterocycles. The second-order valence-corrected chi connectivity index (χ2v) is 30.8. The summed E-state index contributed by atoms with van der Waals surface area (Å²) in [6, 6.07) is 3.27. The Hall–Kier alpha value is -9.81. The van der Waals surface area contributed by atoms with Gasteiger partial charge < -0.3 is 92.4 Å². The van der Waals surface area contributed by atoms with Crippen molar-refractivity contribution in [3.63, 3.8) is 0 Å². The quantitative estimate of drug-likeness (QED) is 0.00359. The summed E-state index contributed by atoms with van der Waals surface area (Å²) >= 11 is 0. The lowest BCUT2D eigenvalue weighted by atomic mass is 9.72. The third-order valence-electron chi connectivity index (χ3n) is 21.7. The molecule has 9 rings (SSSR count). The number of aliphatic hydroxyl groups excluding tert-OH is 2. The zero-order valence-electron chi connectivity index (χ0n) is 70.6. The van der Waals surface area contributed by atoms with Crippen molar-refractivity contribution >= 4 is 76.2 Å². The topological polar surface area (TPSA) is 462 Å². The van der Waals surface area contributed by atoms with Crippen molar-refractivity contribution in [1.29, 1.82) is 0 Å². The molecule has 1 saturated heterocycles. The number of unbranched alkanes of at least 4 members (excludes halogenated alkanes) is 4. The molecule has 6 aliphatic rings. The van der Waals surface area contributed by atoms with Gasteiger partial charge in [0.2, 0.25) is 23.2 Å². The Balaban J connectivity index is 0.000000462. The smallest absolute Gasteiger partial charge is 0.408 e. The van der Waals surface area contributed by atoms with Crippen LogP contribution < -0.4 is 14.8 Å². The third kappa shape index (κ3) is 31.5. The summed E-state index contributed by atoms with van der Waals surface area (Å²) in [5.74, 6) is -15.2. The molecule has 34 nitrogen and oxygen atoms in total. The number of methoxy groups -OCH3 is 1. The van der Waals surface area contributed by atoms with E-state index in [4.69, 9.17) is 56.8 Å². The summed E-state index contributed by atoms with van der Waals surface area (Å²) in [7, 11) is 1.30. The maximum absolute atomic E-state index is 14.1. The lowest BCUT2D eigenvalue weighted by Gasteiger charge is -2.41. The van der Waals surface area contributed by atoms with E-state index in [1.807, 2.05) is 13.0 Å². The first kappa shape index (κ1) is 104. The molecule has 127 heavy (non-hydrogen) atoms. The number of ether oxygens (including phenoxy) is 13. The minimum atomic E-state index is -2.38. The number of aromatic hydroxyl groups is 2. The number of imide groups is 2. The summed E-state index contributed by atoms with van der Waals surface area (Å²) in [5, 5.41) is 58.7. The number of amides is 5. The Labute approximate surface area is 732 Å². The number of fused-ring (bicyclic) bond motifs is 3. The van der Waals surface area contributed by atoms with E-state index in [9.17, 15) is 105 Å². The van der Waals surface area contributed by atoms with Gasteiger partial charge in [0, 0.05) is 143 Å². The van der Waals surface area contributed by atoms with E-state index in [1.54, 1.807) is 6.08 Å². The summed E-state index contributed by atoms with van der Waals surface area (Å²) < 4.78 is 124. The fraction of sp³-hybridized carbons (Fsp3) is 0.584. The molecule has 0 spiro atoms. The lowest BCUT2D eigenvalue weighted by molar-refractivity contribution is -0.225. The summed E-state index contributed by atoms with van der Waals surface area (Å²) in [6.07, 6.45) is 10.0. The van der Waals surface area contributed by atoms with Crippen molar-refractivity contribution in [2.75, 3.05) is 139 Å². The van der Waals surface area contributed by atoms with E-state index in [0.717, 1.165) is 35.5 Å². The predicted octanol–water partition coefficient (Wildman–Crippen LogP) is 7.78. The summed E-state index contributed by atoms with van der Waals surface area (Å²) in [4.78, 5) is 164. The molecule has 700 valence electrons. The molecule has 1 fully saturated rings. The van der Waals surface area contributed by atoms with E-state index in [1.165, 1.54) is 49.6 Å². The largest absolute Gasteiger partial charge is 0.507 e. The first-order valence-corrected chi connectivity index (χ1v) is 42.1. The molecule has 3 aromatic rings. The van der Waals surface area contributed by atoms with Crippen LogP contribution in [0, 0.1) is 28.7 Å². The number of nitrogens with zero attached hydrogens (tertiary/aromatic N) is 2. The maximum atomic E-state index is 14.1. The number of alkyl carbamates (subject to hydrolysis) is 1. The number of hydrogen-bond acceptors (Lipinski definition) is 31. The van der Waals surface area contributed by atoms with E-state index in [2.05, 4.69) is 10.1 Å². The highest BCUT2D eigenvalue weighted by Crippen LogP contribution is 2.53. The van der Waals surface area contributed by atoms with Gasteiger partial charge in [-0.2, -0.15) is 8.78 Å². The van der Waals surface area contributed by atoms with Gasteiger partial charge in [-0.15, -0.1) is 0 Å². The zero-order chi connectivity index (χ0) is 91.3. The average Bonchev–Trinajstić information content (AvgIpc) is 1.20. The molecule has 7 unspecified atom stereocenters.